The molecule has 1 saturated heterocycles. The van der Waals surface area contributed by atoms with Crippen molar-refractivity contribution in [3.8, 4) is 0 Å². The second-order valence-electron chi connectivity index (χ2n) is 6.34. The summed E-state index contributed by atoms with van der Waals surface area (Å²) in [5, 5.41) is 3.26. The normalized spacial score (nSPS) is 23.4. The van der Waals surface area contributed by atoms with E-state index in [1.807, 2.05) is 0 Å². The second kappa shape index (κ2) is 9.33. The zero-order valence-electron chi connectivity index (χ0n) is 14.3. The molecule has 0 bridgehead atoms. The number of ether oxygens (including phenoxy) is 1. The molecule has 6 heteroatoms. The van der Waals surface area contributed by atoms with Gasteiger partial charge in [-0.3, -0.25) is 14.8 Å². The fraction of sp³-hybridized carbons (Fsp3) is 0.938. The van der Waals surface area contributed by atoms with Gasteiger partial charge in [0.1, 0.15) is 0 Å². The van der Waals surface area contributed by atoms with Crippen molar-refractivity contribution in [1.82, 2.24) is 15.1 Å². The van der Waals surface area contributed by atoms with Crippen molar-refractivity contribution in [3.63, 3.8) is 0 Å². The van der Waals surface area contributed by atoms with Gasteiger partial charge in [0.2, 0.25) is 0 Å². The van der Waals surface area contributed by atoms with Crippen molar-refractivity contribution < 1.29 is 4.74 Å². The summed E-state index contributed by atoms with van der Waals surface area (Å²) in [6, 6.07) is 1.33. The van der Waals surface area contributed by atoms with Crippen molar-refractivity contribution in [2.24, 2.45) is 10.7 Å². The maximum Gasteiger partial charge on any atom is 0.188 e. The van der Waals surface area contributed by atoms with Gasteiger partial charge >= 0.3 is 0 Å². The van der Waals surface area contributed by atoms with E-state index in [-0.39, 0.29) is 0 Å². The minimum absolute atomic E-state index is 0.579. The first-order valence-electron chi connectivity index (χ1n) is 8.75. The van der Waals surface area contributed by atoms with E-state index in [4.69, 9.17) is 10.5 Å². The van der Waals surface area contributed by atoms with E-state index in [0.717, 1.165) is 45.4 Å². The van der Waals surface area contributed by atoms with E-state index in [1.54, 1.807) is 7.11 Å². The van der Waals surface area contributed by atoms with Gasteiger partial charge in [0.15, 0.2) is 5.96 Å². The summed E-state index contributed by atoms with van der Waals surface area (Å²) in [5.41, 5.74) is 5.99. The van der Waals surface area contributed by atoms with Crippen molar-refractivity contribution >= 4 is 5.96 Å². The Labute approximate surface area is 135 Å². The molecule has 1 aliphatic heterocycles. The Morgan fingerprint density at radius 1 is 1.36 bits per heavy atom. The maximum atomic E-state index is 5.99. The first kappa shape index (κ1) is 17.5. The van der Waals surface area contributed by atoms with Crippen LogP contribution in [0.25, 0.3) is 0 Å². The van der Waals surface area contributed by atoms with Gasteiger partial charge in [-0.05, 0) is 38.8 Å². The minimum atomic E-state index is 0.579. The van der Waals surface area contributed by atoms with E-state index >= 15 is 0 Å². The number of methoxy groups -OCH3 is 1. The van der Waals surface area contributed by atoms with Crippen molar-refractivity contribution in [1.29, 1.82) is 0 Å². The average Bonchev–Trinajstić information content (AvgIpc) is 3.26. The molecule has 0 radical (unpaired) electrons. The predicted molar refractivity (Wildman–Crippen MR) is 91.2 cm³/mol. The average molecular weight is 311 g/mol. The van der Waals surface area contributed by atoms with Gasteiger partial charge in [-0.15, -0.1) is 0 Å². The summed E-state index contributed by atoms with van der Waals surface area (Å²) < 4.78 is 5.18. The first-order chi connectivity index (χ1) is 10.7. The fourth-order valence-electron chi connectivity index (χ4n) is 3.23. The van der Waals surface area contributed by atoms with Crippen LogP contribution in [-0.2, 0) is 4.74 Å². The highest BCUT2D eigenvalue weighted by molar-refractivity contribution is 5.77. The Bertz CT molecular complexity index is 345. The van der Waals surface area contributed by atoms with Crippen LogP contribution in [0.1, 0.15) is 32.6 Å². The van der Waals surface area contributed by atoms with Gasteiger partial charge in [0.25, 0.3) is 0 Å². The molecule has 22 heavy (non-hydrogen) atoms. The van der Waals surface area contributed by atoms with Crippen molar-refractivity contribution in [2.45, 2.75) is 44.7 Å². The van der Waals surface area contributed by atoms with Crippen LogP contribution in [0.3, 0.4) is 0 Å². The summed E-state index contributed by atoms with van der Waals surface area (Å²) in [7, 11) is 1.76. The molecular formula is C16H33N5O. The molecule has 1 saturated carbocycles. The smallest absolute Gasteiger partial charge is 0.188 e. The van der Waals surface area contributed by atoms with Gasteiger partial charge in [0.05, 0.1) is 13.2 Å². The number of hydrogen-bond donors (Lipinski definition) is 2. The van der Waals surface area contributed by atoms with Crippen molar-refractivity contribution in [2.75, 3.05) is 53.0 Å². The Morgan fingerprint density at radius 2 is 2.18 bits per heavy atom. The molecule has 2 fully saturated rings. The van der Waals surface area contributed by atoms with E-state index in [0.29, 0.717) is 12.0 Å². The van der Waals surface area contributed by atoms with Crippen LogP contribution in [-0.4, -0.2) is 80.8 Å². The third-order valence-corrected chi connectivity index (χ3v) is 4.73. The van der Waals surface area contributed by atoms with Crippen LogP contribution in [0.4, 0.5) is 0 Å². The quantitative estimate of drug-likeness (QED) is 0.454. The number of aliphatic imine (C=N–C) groups is 1. The molecule has 1 atom stereocenters. The number of likely N-dealkylation sites (N-methyl/N-ethyl adjacent to an activating group) is 1. The number of guanidine groups is 1. The zero-order chi connectivity index (χ0) is 15.8. The molecule has 1 aliphatic carbocycles. The standard InChI is InChI=1S/C16H33N5O/c1-3-20-9-4-5-15(20)13-19-16(17)18-8-10-21(11-12-22-2)14-6-7-14/h14-15H,3-13H2,1-2H3,(H3,17,18,19). The lowest BCUT2D eigenvalue weighted by atomic mass is 10.2. The fourth-order valence-corrected chi connectivity index (χ4v) is 3.23. The summed E-state index contributed by atoms with van der Waals surface area (Å²) in [4.78, 5) is 9.50. The lowest BCUT2D eigenvalue weighted by Crippen LogP contribution is -2.41. The number of nitrogens with zero attached hydrogens (tertiary/aromatic N) is 3. The van der Waals surface area contributed by atoms with Crippen LogP contribution in [0.15, 0.2) is 4.99 Å². The molecule has 0 aromatic carbocycles. The monoisotopic (exact) mass is 311 g/mol. The SMILES string of the molecule is CCN1CCCC1CN=C(N)NCCN(CCOC)C1CC1. The Hall–Kier alpha value is -0.850. The number of hydrogen-bond acceptors (Lipinski definition) is 4. The Balaban J connectivity index is 1.63. The minimum Gasteiger partial charge on any atom is -0.383 e. The van der Waals surface area contributed by atoms with Crippen molar-refractivity contribution in [3.05, 3.63) is 0 Å². The van der Waals surface area contributed by atoms with Crippen LogP contribution in [0, 0.1) is 0 Å². The highest BCUT2D eigenvalue weighted by atomic mass is 16.5. The molecule has 0 spiro atoms. The molecule has 0 aromatic rings. The third-order valence-electron chi connectivity index (χ3n) is 4.73. The summed E-state index contributed by atoms with van der Waals surface area (Å²) in [6.07, 6.45) is 5.18. The lowest BCUT2D eigenvalue weighted by Gasteiger charge is -2.22. The molecule has 2 aliphatic rings. The number of likely N-dealkylation sites (tertiary alicyclic amines) is 1. The highest BCUT2D eigenvalue weighted by Crippen LogP contribution is 2.25. The van der Waals surface area contributed by atoms with Gasteiger partial charge < -0.3 is 15.8 Å². The summed E-state index contributed by atoms with van der Waals surface area (Å²) in [5.74, 6) is 0.588. The van der Waals surface area contributed by atoms with Gasteiger partial charge in [-0.2, -0.15) is 0 Å². The van der Waals surface area contributed by atoms with Crippen LogP contribution < -0.4 is 11.1 Å². The Morgan fingerprint density at radius 3 is 2.86 bits per heavy atom. The van der Waals surface area contributed by atoms with E-state index in [2.05, 4.69) is 27.0 Å². The topological polar surface area (TPSA) is 66.1 Å². The maximum absolute atomic E-state index is 5.99. The largest absolute Gasteiger partial charge is 0.383 e. The van der Waals surface area contributed by atoms with Crippen LogP contribution in [0.5, 0.6) is 0 Å². The van der Waals surface area contributed by atoms with Crippen LogP contribution >= 0.6 is 0 Å². The molecule has 2 rings (SSSR count). The predicted octanol–water partition coefficient (Wildman–Crippen LogP) is 0.486. The molecule has 128 valence electrons. The third kappa shape index (κ3) is 5.74. The van der Waals surface area contributed by atoms with Gasteiger partial charge in [-0.25, -0.2) is 0 Å². The molecule has 6 nitrogen and oxygen atoms in total. The molecule has 3 N–H and O–H groups in total. The lowest BCUT2D eigenvalue weighted by molar-refractivity contribution is 0.144. The molecular weight excluding hydrogens is 278 g/mol. The summed E-state index contributed by atoms with van der Waals surface area (Å²) >= 11 is 0. The van der Waals surface area contributed by atoms with Gasteiger partial charge in [-0.1, -0.05) is 6.92 Å². The van der Waals surface area contributed by atoms with Gasteiger partial charge in [0, 0.05) is 38.8 Å². The molecule has 1 unspecified atom stereocenters. The molecule has 0 amide bonds. The van der Waals surface area contributed by atoms with E-state index in [1.165, 1.54) is 32.2 Å². The number of rotatable bonds is 10. The zero-order valence-corrected chi connectivity index (χ0v) is 14.3. The summed E-state index contributed by atoms with van der Waals surface area (Å²) in [6.45, 7) is 9.04. The van der Waals surface area contributed by atoms with Crippen LogP contribution in [0.2, 0.25) is 0 Å². The molecule has 0 aromatic heterocycles. The second-order valence-corrected chi connectivity index (χ2v) is 6.34. The number of nitrogens with one attached hydrogen (secondary N) is 1. The van der Waals surface area contributed by atoms with E-state index in [9.17, 15) is 0 Å². The first-order valence-corrected chi connectivity index (χ1v) is 8.75. The number of nitrogens with two attached hydrogens (primary N) is 1. The Kier molecular flexibility index (Phi) is 7.42. The molecule has 1 heterocycles. The highest BCUT2D eigenvalue weighted by Gasteiger charge is 2.28. The van der Waals surface area contributed by atoms with E-state index < -0.39 is 0 Å².